The van der Waals surface area contributed by atoms with Gasteiger partial charge in [-0.3, -0.25) is 4.79 Å². The zero-order valence-electron chi connectivity index (χ0n) is 14.7. The standard InChI is InChI=1S/C20H15N3O3S/c1-12-4-3-5-15(10-12)17-21-20-23(22-17)18(24)16(27-20)11-13-6-8-14(9-7-13)19(25)26-2/h3-11H,1-2H3/b16-11-. The van der Waals surface area contributed by atoms with Gasteiger partial charge in [0.2, 0.25) is 4.96 Å². The molecule has 6 nitrogen and oxygen atoms in total. The van der Waals surface area contributed by atoms with Gasteiger partial charge in [-0.25, -0.2) is 4.79 Å². The highest BCUT2D eigenvalue weighted by Gasteiger charge is 2.12. The van der Waals surface area contributed by atoms with Crippen LogP contribution in [0, 0.1) is 6.92 Å². The summed E-state index contributed by atoms with van der Waals surface area (Å²) in [6, 6.07) is 14.7. The number of hydrogen-bond donors (Lipinski definition) is 0. The molecule has 0 unspecified atom stereocenters. The van der Waals surface area contributed by atoms with Crippen molar-refractivity contribution in [3.63, 3.8) is 0 Å². The molecule has 4 aromatic rings. The van der Waals surface area contributed by atoms with Crippen LogP contribution in [-0.2, 0) is 4.74 Å². The molecule has 134 valence electrons. The molecule has 0 amide bonds. The fourth-order valence-corrected chi connectivity index (χ4v) is 3.63. The number of esters is 1. The van der Waals surface area contributed by atoms with Gasteiger partial charge in [0.05, 0.1) is 17.2 Å². The number of carbonyl (C=O) groups excluding carboxylic acids is 1. The Balaban J connectivity index is 1.72. The molecule has 0 atom stereocenters. The van der Waals surface area contributed by atoms with Crippen molar-refractivity contribution in [3.05, 3.63) is 80.1 Å². The predicted octanol–water partition coefficient (Wildman–Crippen LogP) is 2.46. The number of rotatable bonds is 3. The molecule has 0 aliphatic rings. The van der Waals surface area contributed by atoms with Crippen LogP contribution in [0.4, 0.5) is 0 Å². The van der Waals surface area contributed by atoms with E-state index in [1.807, 2.05) is 31.2 Å². The van der Waals surface area contributed by atoms with Gasteiger partial charge < -0.3 is 4.74 Å². The number of carbonyl (C=O) groups is 1. The van der Waals surface area contributed by atoms with Crippen molar-refractivity contribution in [2.75, 3.05) is 7.11 Å². The lowest BCUT2D eigenvalue weighted by molar-refractivity contribution is 0.0600. The third-order valence-electron chi connectivity index (χ3n) is 4.09. The van der Waals surface area contributed by atoms with Crippen molar-refractivity contribution in [2.24, 2.45) is 0 Å². The van der Waals surface area contributed by atoms with Crippen molar-refractivity contribution in [3.8, 4) is 11.4 Å². The van der Waals surface area contributed by atoms with Gasteiger partial charge in [-0.2, -0.15) is 9.50 Å². The van der Waals surface area contributed by atoms with Crippen molar-refractivity contribution in [2.45, 2.75) is 6.92 Å². The molecule has 0 bridgehead atoms. The third kappa shape index (κ3) is 3.24. The fourth-order valence-electron chi connectivity index (χ4n) is 2.72. The summed E-state index contributed by atoms with van der Waals surface area (Å²) in [5, 5.41) is 4.36. The van der Waals surface area contributed by atoms with Crippen molar-refractivity contribution >= 4 is 28.3 Å². The first-order valence-electron chi connectivity index (χ1n) is 8.22. The summed E-state index contributed by atoms with van der Waals surface area (Å²) >= 11 is 1.28. The number of benzene rings is 2. The van der Waals surface area contributed by atoms with Gasteiger partial charge in [-0.1, -0.05) is 47.2 Å². The van der Waals surface area contributed by atoms with Crippen molar-refractivity contribution in [1.29, 1.82) is 0 Å². The zero-order chi connectivity index (χ0) is 19.0. The molecular formula is C20H15N3O3S. The normalized spacial score (nSPS) is 11.9. The quantitative estimate of drug-likeness (QED) is 0.513. The molecule has 0 radical (unpaired) electrons. The average molecular weight is 377 g/mol. The topological polar surface area (TPSA) is 73.6 Å². The monoisotopic (exact) mass is 377 g/mol. The van der Waals surface area contributed by atoms with Gasteiger partial charge in [0, 0.05) is 5.56 Å². The maximum Gasteiger partial charge on any atom is 0.337 e. The van der Waals surface area contributed by atoms with E-state index >= 15 is 0 Å². The summed E-state index contributed by atoms with van der Waals surface area (Å²) in [7, 11) is 1.34. The molecular weight excluding hydrogens is 362 g/mol. The predicted molar refractivity (Wildman–Crippen MR) is 104 cm³/mol. The van der Waals surface area contributed by atoms with E-state index in [1.54, 1.807) is 30.3 Å². The Morgan fingerprint density at radius 2 is 1.96 bits per heavy atom. The van der Waals surface area contributed by atoms with E-state index < -0.39 is 5.97 Å². The maximum atomic E-state index is 12.6. The van der Waals surface area contributed by atoms with E-state index in [0.717, 1.165) is 16.7 Å². The number of nitrogens with zero attached hydrogens (tertiary/aromatic N) is 3. The lowest BCUT2D eigenvalue weighted by atomic mass is 10.1. The summed E-state index contributed by atoms with van der Waals surface area (Å²) in [6.07, 6.45) is 1.76. The highest BCUT2D eigenvalue weighted by Crippen LogP contribution is 2.17. The van der Waals surface area contributed by atoms with Crippen LogP contribution in [0.3, 0.4) is 0 Å². The van der Waals surface area contributed by atoms with Crippen LogP contribution >= 0.6 is 11.3 Å². The molecule has 2 heterocycles. The number of methoxy groups -OCH3 is 1. The first-order chi connectivity index (χ1) is 13.0. The van der Waals surface area contributed by atoms with Gasteiger partial charge in [-0.15, -0.1) is 5.10 Å². The van der Waals surface area contributed by atoms with Gasteiger partial charge >= 0.3 is 5.97 Å². The Morgan fingerprint density at radius 1 is 1.19 bits per heavy atom. The second kappa shape index (κ2) is 6.77. The number of ether oxygens (including phenoxy) is 1. The molecule has 0 aliphatic heterocycles. The highest BCUT2D eigenvalue weighted by molar-refractivity contribution is 7.15. The number of aromatic nitrogens is 3. The molecule has 27 heavy (non-hydrogen) atoms. The van der Waals surface area contributed by atoms with Crippen LogP contribution in [-0.4, -0.2) is 27.7 Å². The zero-order valence-corrected chi connectivity index (χ0v) is 15.5. The van der Waals surface area contributed by atoms with Crippen LogP contribution in [0.1, 0.15) is 21.5 Å². The van der Waals surface area contributed by atoms with E-state index in [1.165, 1.54) is 23.0 Å². The van der Waals surface area contributed by atoms with E-state index in [0.29, 0.717) is 20.9 Å². The Bertz CT molecular complexity index is 1260. The Labute approximate surface area is 158 Å². The summed E-state index contributed by atoms with van der Waals surface area (Å²) in [5.41, 5.74) is 3.05. The molecule has 0 spiro atoms. The van der Waals surface area contributed by atoms with Crippen LogP contribution in [0.25, 0.3) is 22.4 Å². The van der Waals surface area contributed by atoms with Crippen molar-refractivity contribution in [1.82, 2.24) is 14.6 Å². The molecule has 0 aliphatic carbocycles. The van der Waals surface area contributed by atoms with E-state index in [9.17, 15) is 9.59 Å². The number of fused-ring (bicyclic) bond motifs is 1. The summed E-state index contributed by atoms with van der Waals surface area (Å²) in [5.74, 6) is 0.143. The molecule has 2 aromatic heterocycles. The van der Waals surface area contributed by atoms with Crippen LogP contribution in [0.15, 0.2) is 53.3 Å². The first kappa shape index (κ1) is 17.1. The number of aryl methyl sites for hydroxylation is 1. The minimum atomic E-state index is -0.395. The van der Waals surface area contributed by atoms with Gasteiger partial charge in [0.25, 0.3) is 5.56 Å². The Morgan fingerprint density at radius 3 is 2.63 bits per heavy atom. The number of hydrogen-bond acceptors (Lipinski definition) is 6. The molecule has 0 fully saturated rings. The SMILES string of the molecule is COC(=O)c1ccc(/C=c2\sc3nc(-c4cccc(C)c4)nn3c2=O)cc1. The molecule has 4 rings (SSSR count). The second-order valence-corrected chi connectivity index (χ2v) is 7.04. The largest absolute Gasteiger partial charge is 0.465 e. The van der Waals surface area contributed by atoms with E-state index in [4.69, 9.17) is 0 Å². The van der Waals surface area contributed by atoms with Crippen LogP contribution in [0.5, 0.6) is 0 Å². The maximum absolute atomic E-state index is 12.6. The van der Waals surface area contributed by atoms with Crippen molar-refractivity contribution < 1.29 is 9.53 Å². The molecule has 2 aromatic carbocycles. The van der Waals surface area contributed by atoms with Crippen LogP contribution < -0.4 is 10.1 Å². The third-order valence-corrected chi connectivity index (χ3v) is 5.05. The smallest absolute Gasteiger partial charge is 0.337 e. The van der Waals surface area contributed by atoms with Gasteiger partial charge in [-0.05, 0) is 36.8 Å². The van der Waals surface area contributed by atoms with Gasteiger partial charge in [0.1, 0.15) is 0 Å². The fraction of sp³-hybridized carbons (Fsp3) is 0.100. The molecule has 0 saturated carbocycles. The summed E-state index contributed by atoms with van der Waals surface area (Å²) in [4.78, 5) is 29.2. The second-order valence-electron chi connectivity index (χ2n) is 6.03. The lowest BCUT2D eigenvalue weighted by Crippen LogP contribution is -2.23. The minimum Gasteiger partial charge on any atom is -0.465 e. The summed E-state index contributed by atoms with van der Waals surface area (Å²) in [6.45, 7) is 2.00. The highest BCUT2D eigenvalue weighted by atomic mass is 32.1. The minimum absolute atomic E-state index is 0.210. The summed E-state index contributed by atoms with van der Waals surface area (Å²) < 4.78 is 6.55. The Hall–Kier alpha value is -3.32. The van der Waals surface area contributed by atoms with E-state index in [-0.39, 0.29) is 5.56 Å². The van der Waals surface area contributed by atoms with Crippen LogP contribution in [0.2, 0.25) is 0 Å². The molecule has 7 heteroatoms. The van der Waals surface area contributed by atoms with Gasteiger partial charge in [0.15, 0.2) is 5.82 Å². The first-order valence-corrected chi connectivity index (χ1v) is 9.03. The number of thiazole rings is 1. The average Bonchev–Trinajstić information content (AvgIpc) is 3.22. The lowest BCUT2D eigenvalue weighted by Gasteiger charge is -1.98. The Kier molecular flexibility index (Phi) is 4.29. The molecule has 0 saturated heterocycles. The molecule has 0 N–H and O–H groups in total. The van der Waals surface area contributed by atoms with E-state index in [2.05, 4.69) is 14.8 Å².